The van der Waals surface area contributed by atoms with Gasteiger partial charge in [0.2, 0.25) is 0 Å². The number of hydrogen-bond donors (Lipinski definition) is 2. The average Bonchev–Trinajstić information content (AvgIpc) is 2.15. The Morgan fingerprint density at radius 2 is 2.36 bits per heavy atom. The molecule has 1 aromatic heterocycles. The van der Waals surface area contributed by atoms with E-state index in [0.29, 0.717) is 17.3 Å². The van der Waals surface area contributed by atoms with Crippen LogP contribution >= 0.6 is 0 Å². The quantitative estimate of drug-likeness (QED) is 0.756. The van der Waals surface area contributed by atoms with E-state index >= 15 is 0 Å². The number of pyridine rings is 1. The predicted molar refractivity (Wildman–Crippen MR) is 56.1 cm³/mol. The third-order valence-electron chi connectivity index (χ3n) is 1.75. The topological polar surface area (TPSA) is 68.0 Å². The summed E-state index contributed by atoms with van der Waals surface area (Å²) in [6.45, 7) is 4.94. The van der Waals surface area contributed by atoms with E-state index < -0.39 is 5.91 Å². The molecule has 0 atom stereocenters. The summed E-state index contributed by atoms with van der Waals surface area (Å²) < 4.78 is 0. The van der Waals surface area contributed by atoms with E-state index in [0.717, 1.165) is 6.54 Å². The van der Waals surface area contributed by atoms with Crippen LogP contribution in [0.5, 0.6) is 0 Å². The van der Waals surface area contributed by atoms with Gasteiger partial charge < -0.3 is 11.1 Å². The third kappa shape index (κ3) is 2.73. The number of aromatic nitrogens is 1. The molecule has 0 aliphatic rings. The van der Waals surface area contributed by atoms with E-state index in [1.54, 1.807) is 18.3 Å². The maximum Gasteiger partial charge on any atom is 0.252 e. The smallest absolute Gasteiger partial charge is 0.252 e. The van der Waals surface area contributed by atoms with Gasteiger partial charge in [-0.1, -0.05) is 13.8 Å². The summed E-state index contributed by atoms with van der Waals surface area (Å²) in [5, 5.41) is 3.08. The molecule has 1 rings (SSSR count). The summed E-state index contributed by atoms with van der Waals surface area (Å²) in [4.78, 5) is 15.1. The highest BCUT2D eigenvalue weighted by atomic mass is 16.1. The molecule has 4 nitrogen and oxygen atoms in total. The van der Waals surface area contributed by atoms with Crippen molar-refractivity contribution in [3.63, 3.8) is 0 Å². The predicted octanol–water partition coefficient (Wildman–Crippen LogP) is 1.25. The summed E-state index contributed by atoms with van der Waals surface area (Å²) in [5.41, 5.74) is 5.64. The van der Waals surface area contributed by atoms with Gasteiger partial charge in [-0.25, -0.2) is 4.98 Å². The maximum absolute atomic E-state index is 11.0. The minimum Gasteiger partial charge on any atom is -0.369 e. The first-order valence-corrected chi connectivity index (χ1v) is 4.60. The van der Waals surface area contributed by atoms with Crippen molar-refractivity contribution in [1.29, 1.82) is 0 Å². The molecule has 0 saturated carbocycles. The molecule has 0 radical (unpaired) electrons. The largest absolute Gasteiger partial charge is 0.369 e. The van der Waals surface area contributed by atoms with E-state index in [9.17, 15) is 4.79 Å². The lowest BCUT2D eigenvalue weighted by Gasteiger charge is -2.10. The highest BCUT2D eigenvalue weighted by molar-refractivity contribution is 5.97. The molecule has 0 fully saturated rings. The van der Waals surface area contributed by atoms with Crippen LogP contribution in [0.2, 0.25) is 0 Å². The molecule has 0 aliphatic heterocycles. The minimum atomic E-state index is -0.454. The van der Waals surface area contributed by atoms with Gasteiger partial charge in [-0.15, -0.1) is 0 Å². The van der Waals surface area contributed by atoms with Crippen LogP contribution in [0.3, 0.4) is 0 Å². The van der Waals surface area contributed by atoms with Crippen LogP contribution in [0, 0.1) is 5.92 Å². The summed E-state index contributed by atoms with van der Waals surface area (Å²) >= 11 is 0. The molecule has 0 aliphatic carbocycles. The molecule has 76 valence electrons. The van der Waals surface area contributed by atoms with Crippen LogP contribution in [0.15, 0.2) is 18.3 Å². The van der Waals surface area contributed by atoms with Gasteiger partial charge in [-0.05, 0) is 18.1 Å². The molecule has 1 amide bonds. The molecule has 0 spiro atoms. The summed E-state index contributed by atoms with van der Waals surface area (Å²) in [7, 11) is 0. The first kappa shape index (κ1) is 10.5. The third-order valence-corrected chi connectivity index (χ3v) is 1.75. The molecule has 3 N–H and O–H groups in total. The van der Waals surface area contributed by atoms with Gasteiger partial charge >= 0.3 is 0 Å². The van der Waals surface area contributed by atoms with Gasteiger partial charge in [0.25, 0.3) is 5.91 Å². The highest BCUT2D eigenvalue weighted by Crippen LogP contribution is 2.10. The molecule has 0 unspecified atom stereocenters. The Morgan fingerprint density at radius 3 is 2.93 bits per heavy atom. The van der Waals surface area contributed by atoms with Gasteiger partial charge in [0.05, 0.1) is 5.56 Å². The fourth-order valence-corrected chi connectivity index (χ4v) is 1.05. The highest BCUT2D eigenvalue weighted by Gasteiger charge is 2.07. The number of nitrogens with one attached hydrogen (secondary N) is 1. The first-order valence-electron chi connectivity index (χ1n) is 4.60. The minimum absolute atomic E-state index is 0.438. The number of primary amides is 1. The molecule has 14 heavy (non-hydrogen) atoms. The van der Waals surface area contributed by atoms with Crippen molar-refractivity contribution in [3.05, 3.63) is 23.9 Å². The van der Waals surface area contributed by atoms with Crippen molar-refractivity contribution in [2.24, 2.45) is 11.7 Å². The SMILES string of the molecule is CC(C)CNc1ncccc1C(N)=O. The van der Waals surface area contributed by atoms with Crippen LogP contribution in [-0.2, 0) is 0 Å². The number of hydrogen-bond acceptors (Lipinski definition) is 3. The maximum atomic E-state index is 11.0. The Kier molecular flexibility index (Phi) is 3.45. The second-order valence-electron chi connectivity index (χ2n) is 3.54. The molecule has 0 saturated heterocycles. The standard InChI is InChI=1S/C10H15N3O/c1-7(2)6-13-10-8(9(11)14)4-3-5-12-10/h3-5,7H,6H2,1-2H3,(H2,11,14)(H,12,13). The number of carbonyl (C=O) groups excluding carboxylic acids is 1. The molecular weight excluding hydrogens is 178 g/mol. The van der Waals surface area contributed by atoms with E-state index in [-0.39, 0.29) is 0 Å². The monoisotopic (exact) mass is 193 g/mol. The summed E-state index contributed by atoms with van der Waals surface area (Å²) in [6.07, 6.45) is 1.63. The van der Waals surface area contributed by atoms with Gasteiger partial charge in [-0.3, -0.25) is 4.79 Å². The van der Waals surface area contributed by atoms with Crippen molar-refractivity contribution in [2.45, 2.75) is 13.8 Å². The van der Waals surface area contributed by atoms with Crippen LogP contribution in [0.4, 0.5) is 5.82 Å². The lowest BCUT2D eigenvalue weighted by Crippen LogP contribution is -2.17. The second-order valence-corrected chi connectivity index (χ2v) is 3.54. The normalized spacial score (nSPS) is 10.2. The number of amides is 1. The number of rotatable bonds is 4. The Labute approximate surface area is 83.5 Å². The zero-order valence-corrected chi connectivity index (χ0v) is 8.45. The summed E-state index contributed by atoms with van der Waals surface area (Å²) in [6, 6.07) is 3.36. The lowest BCUT2D eigenvalue weighted by atomic mass is 10.2. The van der Waals surface area contributed by atoms with E-state index in [1.165, 1.54) is 0 Å². The fraction of sp³-hybridized carbons (Fsp3) is 0.400. The van der Waals surface area contributed by atoms with Crippen molar-refractivity contribution in [1.82, 2.24) is 4.98 Å². The Balaban J connectivity index is 2.79. The van der Waals surface area contributed by atoms with Gasteiger partial charge in [0.1, 0.15) is 5.82 Å². The van der Waals surface area contributed by atoms with Gasteiger partial charge in [0, 0.05) is 12.7 Å². The number of carbonyl (C=O) groups is 1. The molecular formula is C10H15N3O. The van der Waals surface area contributed by atoms with Crippen molar-refractivity contribution in [2.75, 3.05) is 11.9 Å². The first-order chi connectivity index (χ1) is 6.61. The van der Waals surface area contributed by atoms with Crippen LogP contribution in [-0.4, -0.2) is 17.4 Å². The van der Waals surface area contributed by atoms with Crippen LogP contribution in [0.1, 0.15) is 24.2 Å². The van der Waals surface area contributed by atoms with E-state index in [2.05, 4.69) is 24.1 Å². The zero-order chi connectivity index (χ0) is 10.6. The van der Waals surface area contributed by atoms with Crippen molar-refractivity contribution in [3.8, 4) is 0 Å². The van der Waals surface area contributed by atoms with Crippen molar-refractivity contribution < 1.29 is 4.79 Å². The van der Waals surface area contributed by atoms with E-state index in [1.807, 2.05) is 0 Å². The van der Waals surface area contributed by atoms with Crippen LogP contribution in [0.25, 0.3) is 0 Å². The molecule has 0 bridgehead atoms. The molecule has 0 aromatic carbocycles. The summed E-state index contributed by atoms with van der Waals surface area (Å²) in [5.74, 6) is 0.607. The Bertz CT molecular complexity index is 323. The van der Waals surface area contributed by atoms with Crippen molar-refractivity contribution >= 4 is 11.7 Å². The average molecular weight is 193 g/mol. The molecule has 4 heteroatoms. The second kappa shape index (κ2) is 4.60. The van der Waals surface area contributed by atoms with Gasteiger partial charge in [0.15, 0.2) is 0 Å². The number of nitrogens with zero attached hydrogens (tertiary/aromatic N) is 1. The lowest BCUT2D eigenvalue weighted by molar-refractivity contribution is 0.100. The Morgan fingerprint density at radius 1 is 1.64 bits per heavy atom. The van der Waals surface area contributed by atoms with E-state index in [4.69, 9.17) is 5.73 Å². The molecule has 1 aromatic rings. The fourth-order valence-electron chi connectivity index (χ4n) is 1.05. The van der Waals surface area contributed by atoms with Gasteiger partial charge in [-0.2, -0.15) is 0 Å². The molecule has 1 heterocycles. The number of anilines is 1. The zero-order valence-electron chi connectivity index (χ0n) is 8.45. The van der Waals surface area contributed by atoms with Crippen LogP contribution < -0.4 is 11.1 Å². The number of nitrogens with two attached hydrogens (primary N) is 1. The Hall–Kier alpha value is -1.58.